The van der Waals surface area contributed by atoms with Gasteiger partial charge < -0.3 is 20.5 Å². The predicted molar refractivity (Wildman–Crippen MR) is 78.6 cm³/mol. The SMILES string of the molecule is CC(=O)NCC1CCN(C(=O)c2cn(CCN)cn2)CC1. The van der Waals surface area contributed by atoms with E-state index in [0.29, 0.717) is 44.3 Å². The Kier molecular flexibility index (Phi) is 5.32. The van der Waals surface area contributed by atoms with E-state index in [4.69, 9.17) is 5.73 Å². The minimum Gasteiger partial charge on any atom is -0.356 e. The fourth-order valence-corrected chi connectivity index (χ4v) is 2.53. The number of carbonyl (C=O) groups is 2. The molecule has 21 heavy (non-hydrogen) atoms. The average Bonchev–Trinajstić information content (AvgIpc) is 2.94. The highest BCUT2D eigenvalue weighted by Crippen LogP contribution is 2.18. The van der Waals surface area contributed by atoms with Gasteiger partial charge in [-0.2, -0.15) is 0 Å². The Morgan fingerprint density at radius 1 is 1.43 bits per heavy atom. The average molecular weight is 293 g/mol. The smallest absolute Gasteiger partial charge is 0.274 e. The van der Waals surface area contributed by atoms with Crippen LogP contribution in [0.3, 0.4) is 0 Å². The zero-order chi connectivity index (χ0) is 15.2. The molecule has 2 heterocycles. The van der Waals surface area contributed by atoms with Gasteiger partial charge >= 0.3 is 0 Å². The van der Waals surface area contributed by atoms with Gasteiger partial charge in [0.25, 0.3) is 5.91 Å². The van der Waals surface area contributed by atoms with E-state index in [2.05, 4.69) is 10.3 Å². The number of carbonyl (C=O) groups excluding carboxylic acids is 2. The van der Waals surface area contributed by atoms with Crippen LogP contribution in [-0.2, 0) is 11.3 Å². The number of nitrogens with two attached hydrogens (primary N) is 1. The first kappa shape index (κ1) is 15.5. The first-order valence-corrected chi connectivity index (χ1v) is 7.35. The van der Waals surface area contributed by atoms with E-state index in [-0.39, 0.29) is 11.8 Å². The molecule has 0 bridgehead atoms. The molecule has 7 heteroatoms. The second-order valence-electron chi connectivity index (χ2n) is 5.46. The van der Waals surface area contributed by atoms with E-state index in [9.17, 15) is 9.59 Å². The number of piperidine rings is 1. The Morgan fingerprint density at radius 2 is 2.14 bits per heavy atom. The number of aromatic nitrogens is 2. The van der Waals surface area contributed by atoms with Crippen molar-refractivity contribution in [2.75, 3.05) is 26.2 Å². The molecule has 7 nitrogen and oxygen atoms in total. The molecular weight excluding hydrogens is 270 g/mol. The van der Waals surface area contributed by atoms with Crippen molar-refractivity contribution in [2.45, 2.75) is 26.3 Å². The molecule has 0 aliphatic carbocycles. The highest BCUT2D eigenvalue weighted by atomic mass is 16.2. The number of likely N-dealkylation sites (tertiary alicyclic amines) is 1. The van der Waals surface area contributed by atoms with Crippen molar-refractivity contribution >= 4 is 11.8 Å². The van der Waals surface area contributed by atoms with Crippen LogP contribution in [0.1, 0.15) is 30.3 Å². The summed E-state index contributed by atoms with van der Waals surface area (Å²) in [5.41, 5.74) is 5.96. The van der Waals surface area contributed by atoms with Gasteiger partial charge in [0.1, 0.15) is 5.69 Å². The van der Waals surface area contributed by atoms with Crippen LogP contribution in [0.5, 0.6) is 0 Å². The predicted octanol–water partition coefficient (Wildman–Crippen LogP) is -0.170. The maximum Gasteiger partial charge on any atom is 0.274 e. The largest absolute Gasteiger partial charge is 0.356 e. The molecule has 0 unspecified atom stereocenters. The lowest BCUT2D eigenvalue weighted by atomic mass is 9.96. The van der Waals surface area contributed by atoms with Crippen molar-refractivity contribution in [1.29, 1.82) is 0 Å². The minimum absolute atomic E-state index is 0.000973. The van der Waals surface area contributed by atoms with E-state index in [1.54, 1.807) is 12.5 Å². The summed E-state index contributed by atoms with van der Waals surface area (Å²) in [7, 11) is 0. The summed E-state index contributed by atoms with van der Waals surface area (Å²) in [6, 6.07) is 0. The Morgan fingerprint density at radius 3 is 2.76 bits per heavy atom. The summed E-state index contributed by atoms with van der Waals surface area (Å²) < 4.78 is 1.83. The second kappa shape index (κ2) is 7.21. The van der Waals surface area contributed by atoms with Crippen molar-refractivity contribution in [2.24, 2.45) is 11.7 Å². The van der Waals surface area contributed by atoms with E-state index < -0.39 is 0 Å². The third kappa shape index (κ3) is 4.29. The van der Waals surface area contributed by atoms with Crippen LogP contribution in [0.25, 0.3) is 0 Å². The lowest BCUT2D eigenvalue weighted by Gasteiger charge is -2.31. The van der Waals surface area contributed by atoms with Crippen LogP contribution in [0, 0.1) is 5.92 Å². The standard InChI is InChI=1S/C14H23N5O2/c1-11(20)16-8-12-2-5-19(6-3-12)14(21)13-9-18(7-4-15)10-17-13/h9-10,12H,2-8,15H2,1H3,(H,16,20). The molecule has 1 aliphatic rings. The maximum absolute atomic E-state index is 12.3. The molecule has 0 radical (unpaired) electrons. The van der Waals surface area contributed by atoms with Gasteiger partial charge in [0.15, 0.2) is 0 Å². The van der Waals surface area contributed by atoms with Crippen LogP contribution >= 0.6 is 0 Å². The van der Waals surface area contributed by atoms with E-state index in [1.165, 1.54) is 6.92 Å². The first-order chi connectivity index (χ1) is 10.1. The molecule has 1 aromatic heterocycles. The molecule has 0 atom stereocenters. The van der Waals surface area contributed by atoms with Gasteiger partial charge in [-0.05, 0) is 18.8 Å². The molecule has 2 amide bonds. The normalized spacial score (nSPS) is 16.0. The van der Waals surface area contributed by atoms with Gasteiger partial charge in [-0.25, -0.2) is 4.98 Å². The van der Waals surface area contributed by atoms with Gasteiger partial charge in [0.2, 0.25) is 5.91 Å². The molecule has 1 saturated heterocycles. The van der Waals surface area contributed by atoms with Crippen molar-refractivity contribution < 1.29 is 9.59 Å². The number of nitrogens with zero attached hydrogens (tertiary/aromatic N) is 3. The first-order valence-electron chi connectivity index (χ1n) is 7.35. The zero-order valence-electron chi connectivity index (χ0n) is 12.4. The zero-order valence-corrected chi connectivity index (χ0v) is 12.4. The summed E-state index contributed by atoms with van der Waals surface area (Å²) in [6.07, 6.45) is 5.22. The number of hydrogen-bond acceptors (Lipinski definition) is 4. The molecule has 116 valence electrons. The molecule has 3 N–H and O–H groups in total. The summed E-state index contributed by atoms with van der Waals surface area (Å²) >= 11 is 0. The van der Waals surface area contributed by atoms with Crippen LogP contribution < -0.4 is 11.1 Å². The van der Waals surface area contributed by atoms with Crippen molar-refractivity contribution in [3.05, 3.63) is 18.2 Å². The Balaban J connectivity index is 1.83. The fraction of sp³-hybridized carbons (Fsp3) is 0.643. The number of rotatable bonds is 5. The van der Waals surface area contributed by atoms with Crippen LogP contribution in [0.4, 0.5) is 0 Å². The molecule has 2 rings (SSSR count). The van der Waals surface area contributed by atoms with E-state index in [0.717, 1.165) is 12.8 Å². The Bertz CT molecular complexity index is 491. The van der Waals surface area contributed by atoms with E-state index >= 15 is 0 Å². The number of amides is 2. The Hall–Kier alpha value is -1.89. The van der Waals surface area contributed by atoms with Gasteiger partial charge in [-0.1, -0.05) is 0 Å². The van der Waals surface area contributed by atoms with Gasteiger partial charge in [0.05, 0.1) is 6.33 Å². The number of nitrogens with one attached hydrogen (secondary N) is 1. The fourth-order valence-electron chi connectivity index (χ4n) is 2.53. The topological polar surface area (TPSA) is 93.2 Å². The maximum atomic E-state index is 12.3. The molecule has 0 saturated carbocycles. The number of imidazole rings is 1. The van der Waals surface area contributed by atoms with Crippen molar-refractivity contribution in [1.82, 2.24) is 19.8 Å². The van der Waals surface area contributed by atoms with Crippen LogP contribution in [-0.4, -0.2) is 52.4 Å². The van der Waals surface area contributed by atoms with E-state index in [1.807, 2.05) is 9.47 Å². The molecule has 1 fully saturated rings. The van der Waals surface area contributed by atoms with Gasteiger partial charge in [0, 0.05) is 45.8 Å². The van der Waals surface area contributed by atoms with Gasteiger partial charge in [-0.15, -0.1) is 0 Å². The third-order valence-electron chi connectivity index (χ3n) is 3.78. The van der Waals surface area contributed by atoms with Crippen LogP contribution in [0.2, 0.25) is 0 Å². The highest BCUT2D eigenvalue weighted by Gasteiger charge is 2.24. The minimum atomic E-state index is -0.0243. The summed E-state index contributed by atoms with van der Waals surface area (Å²) in [4.78, 5) is 29.2. The lowest BCUT2D eigenvalue weighted by molar-refractivity contribution is -0.119. The molecule has 0 aromatic carbocycles. The Labute approximate surface area is 124 Å². The summed E-state index contributed by atoms with van der Waals surface area (Å²) in [6.45, 7) is 4.84. The summed E-state index contributed by atoms with van der Waals surface area (Å²) in [5, 5.41) is 2.84. The molecular formula is C14H23N5O2. The third-order valence-corrected chi connectivity index (χ3v) is 3.78. The molecule has 0 spiro atoms. The number of hydrogen-bond donors (Lipinski definition) is 2. The quantitative estimate of drug-likeness (QED) is 0.788. The van der Waals surface area contributed by atoms with Crippen LogP contribution in [0.15, 0.2) is 12.5 Å². The lowest BCUT2D eigenvalue weighted by Crippen LogP contribution is -2.41. The second-order valence-corrected chi connectivity index (χ2v) is 5.46. The van der Waals surface area contributed by atoms with Crippen molar-refractivity contribution in [3.8, 4) is 0 Å². The highest BCUT2D eigenvalue weighted by molar-refractivity contribution is 5.92. The monoisotopic (exact) mass is 293 g/mol. The summed E-state index contributed by atoms with van der Waals surface area (Å²) in [5.74, 6) is 0.426. The van der Waals surface area contributed by atoms with Crippen molar-refractivity contribution in [3.63, 3.8) is 0 Å². The van der Waals surface area contributed by atoms with Gasteiger partial charge in [-0.3, -0.25) is 9.59 Å². The molecule has 1 aliphatic heterocycles. The molecule has 1 aromatic rings.